The molecule has 0 aromatic carbocycles. The molecule has 1 aromatic heterocycles. The van der Waals surface area contributed by atoms with Crippen molar-refractivity contribution in [1.29, 1.82) is 0 Å². The van der Waals surface area contributed by atoms with E-state index in [1.807, 2.05) is 30.0 Å². The van der Waals surface area contributed by atoms with E-state index < -0.39 is 0 Å². The second-order valence-electron chi connectivity index (χ2n) is 5.06. The number of carbonyl (C=O) groups excluding carboxylic acids is 1. The van der Waals surface area contributed by atoms with Gasteiger partial charge in [0.15, 0.2) is 0 Å². The fraction of sp³-hybridized carbons (Fsp3) is 0.571. The minimum atomic E-state index is 0.181. The van der Waals surface area contributed by atoms with Gasteiger partial charge in [0.1, 0.15) is 0 Å². The molecule has 0 spiro atoms. The van der Waals surface area contributed by atoms with Crippen LogP contribution in [0.5, 0.6) is 0 Å². The Kier molecular flexibility index (Phi) is 4.87. The van der Waals surface area contributed by atoms with Crippen molar-refractivity contribution in [3.8, 4) is 0 Å². The fourth-order valence-electron chi connectivity index (χ4n) is 2.16. The molecule has 1 amide bonds. The Bertz CT molecular complexity index is 427. The third-order valence-electron chi connectivity index (χ3n) is 3.38. The Morgan fingerprint density at radius 3 is 2.74 bits per heavy atom. The number of carbonyl (C=O) groups is 1. The van der Waals surface area contributed by atoms with E-state index in [4.69, 9.17) is 0 Å². The lowest BCUT2D eigenvalue weighted by Crippen LogP contribution is -2.49. The predicted molar refractivity (Wildman–Crippen MR) is 74.8 cm³/mol. The van der Waals surface area contributed by atoms with Gasteiger partial charge < -0.3 is 15.1 Å². The lowest BCUT2D eigenvalue weighted by molar-refractivity contribution is -0.131. The number of rotatable bonds is 4. The standard InChI is InChI=1S/C14H22N4O/c1-12-4-3-5-13(16-12)10-15-11-14(19)18-8-6-17(2)7-9-18/h3-5,15H,6-11H2,1-2H3. The molecule has 5 heteroatoms. The van der Waals surface area contributed by atoms with Crippen molar-refractivity contribution < 1.29 is 4.79 Å². The van der Waals surface area contributed by atoms with Crippen molar-refractivity contribution in [3.63, 3.8) is 0 Å². The number of likely N-dealkylation sites (N-methyl/N-ethyl adjacent to an activating group) is 1. The van der Waals surface area contributed by atoms with Gasteiger partial charge in [0.2, 0.25) is 5.91 Å². The Morgan fingerprint density at radius 1 is 1.32 bits per heavy atom. The minimum Gasteiger partial charge on any atom is -0.339 e. The van der Waals surface area contributed by atoms with Gasteiger partial charge in [-0.1, -0.05) is 6.07 Å². The molecule has 0 atom stereocenters. The number of nitrogens with one attached hydrogen (secondary N) is 1. The molecule has 1 saturated heterocycles. The highest BCUT2D eigenvalue weighted by molar-refractivity contribution is 5.78. The van der Waals surface area contributed by atoms with E-state index in [0.717, 1.165) is 37.6 Å². The van der Waals surface area contributed by atoms with Crippen LogP contribution in [0.25, 0.3) is 0 Å². The Labute approximate surface area is 114 Å². The van der Waals surface area contributed by atoms with Gasteiger partial charge in [-0.15, -0.1) is 0 Å². The Morgan fingerprint density at radius 2 is 2.05 bits per heavy atom. The summed E-state index contributed by atoms with van der Waals surface area (Å²) in [5.41, 5.74) is 1.98. The van der Waals surface area contributed by atoms with Gasteiger partial charge in [0.25, 0.3) is 0 Å². The normalized spacial score (nSPS) is 16.6. The van der Waals surface area contributed by atoms with Crippen LogP contribution in [-0.4, -0.2) is 60.5 Å². The molecule has 1 aromatic rings. The maximum atomic E-state index is 12.0. The minimum absolute atomic E-state index is 0.181. The highest BCUT2D eigenvalue weighted by atomic mass is 16.2. The summed E-state index contributed by atoms with van der Waals surface area (Å²) < 4.78 is 0. The van der Waals surface area contributed by atoms with Crippen LogP contribution < -0.4 is 5.32 Å². The molecule has 0 bridgehead atoms. The predicted octanol–water partition coefficient (Wildman–Crippen LogP) is 0.254. The van der Waals surface area contributed by atoms with E-state index in [2.05, 4.69) is 22.2 Å². The van der Waals surface area contributed by atoms with E-state index in [0.29, 0.717) is 13.1 Å². The van der Waals surface area contributed by atoms with Crippen LogP contribution in [0.15, 0.2) is 18.2 Å². The molecule has 104 valence electrons. The molecular formula is C14H22N4O. The molecule has 1 aliphatic rings. The summed E-state index contributed by atoms with van der Waals surface area (Å²) >= 11 is 0. The van der Waals surface area contributed by atoms with Crippen LogP contribution in [0.3, 0.4) is 0 Å². The zero-order chi connectivity index (χ0) is 13.7. The molecule has 0 saturated carbocycles. The quantitative estimate of drug-likeness (QED) is 0.845. The number of nitrogens with zero attached hydrogens (tertiary/aromatic N) is 3. The van der Waals surface area contributed by atoms with Crippen LogP contribution in [0.1, 0.15) is 11.4 Å². The number of hydrogen-bond acceptors (Lipinski definition) is 4. The van der Waals surface area contributed by atoms with E-state index in [-0.39, 0.29) is 5.91 Å². The topological polar surface area (TPSA) is 48.5 Å². The van der Waals surface area contributed by atoms with Gasteiger partial charge in [-0.3, -0.25) is 9.78 Å². The smallest absolute Gasteiger partial charge is 0.236 e. The van der Waals surface area contributed by atoms with Crippen molar-refractivity contribution >= 4 is 5.91 Å². The molecule has 0 unspecified atom stereocenters. The van der Waals surface area contributed by atoms with Gasteiger partial charge in [-0.25, -0.2) is 0 Å². The first-order chi connectivity index (χ1) is 9.15. The lowest BCUT2D eigenvalue weighted by Gasteiger charge is -2.32. The van der Waals surface area contributed by atoms with Gasteiger partial charge in [0, 0.05) is 38.4 Å². The second kappa shape index (κ2) is 6.63. The molecule has 0 radical (unpaired) electrons. The third-order valence-corrected chi connectivity index (χ3v) is 3.38. The number of pyridine rings is 1. The monoisotopic (exact) mass is 262 g/mol. The fourth-order valence-corrected chi connectivity index (χ4v) is 2.16. The van der Waals surface area contributed by atoms with Crippen LogP contribution in [0.2, 0.25) is 0 Å². The summed E-state index contributed by atoms with van der Waals surface area (Å²) in [6.45, 7) is 6.59. The Hall–Kier alpha value is -1.46. The first-order valence-electron chi connectivity index (χ1n) is 6.75. The number of aromatic nitrogens is 1. The van der Waals surface area contributed by atoms with Gasteiger partial charge in [-0.05, 0) is 26.1 Å². The first kappa shape index (κ1) is 14.0. The number of aryl methyl sites for hydroxylation is 1. The van der Waals surface area contributed by atoms with Crippen LogP contribution in [-0.2, 0) is 11.3 Å². The van der Waals surface area contributed by atoms with E-state index >= 15 is 0 Å². The summed E-state index contributed by atoms with van der Waals surface area (Å²) in [7, 11) is 2.09. The van der Waals surface area contributed by atoms with Gasteiger partial charge in [-0.2, -0.15) is 0 Å². The molecule has 2 heterocycles. The van der Waals surface area contributed by atoms with Crippen molar-refractivity contribution in [1.82, 2.24) is 20.1 Å². The molecule has 2 rings (SSSR count). The summed E-state index contributed by atoms with van der Waals surface area (Å²) in [6.07, 6.45) is 0. The van der Waals surface area contributed by atoms with E-state index in [9.17, 15) is 4.79 Å². The van der Waals surface area contributed by atoms with Gasteiger partial charge in [0.05, 0.1) is 12.2 Å². The zero-order valence-electron chi connectivity index (χ0n) is 11.7. The highest BCUT2D eigenvalue weighted by Crippen LogP contribution is 2.00. The molecule has 1 aliphatic heterocycles. The highest BCUT2D eigenvalue weighted by Gasteiger charge is 2.18. The summed E-state index contributed by atoms with van der Waals surface area (Å²) in [4.78, 5) is 20.6. The van der Waals surface area contributed by atoms with E-state index in [1.165, 1.54) is 0 Å². The van der Waals surface area contributed by atoms with Crippen molar-refractivity contribution in [2.24, 2.45) is 0 Å². The summed E-state index contributed by atoms with van der Waals surface area (Å²) in [5, 5.41) is 3.17. The van der Waals surface area contributed by atoms with Gasteiger partial charge >= 0.3 is 0 Å². The number of hydrogen-bond donors (Lipinski definition) is 1. The Balaban J connectivity index is 1.72. The van der Waals surface area contributed by atoms with Crippen LogP contribution >= 0.6 is 0 Å². The molecule has 19 heavy (non-hydrogen) atoms. The third kappa shape index (κ3) is 4.29. The SMILES string of the molecule is Cc1cccc(CNCC(=O)N2CCN(C)CC2)n1. The van der Waals surface area contributed by atoms with Crippen molar-refractivity contribution in [3.05, 3.63) is 29.6 Å². The van der Waals surface area contributed by atoms with Crippen LogP contribution in [0.4, 0.5) is 0 Å². The summed E-state index contributed by atoms with van der Waals surface area (Å²) in [5.74, 6) is 0.181. The number of piperazine rings is 1. The second-order valence-corrected chi connectivity index (χ2v) is 5.06. The average Bonchev–Trinajstić information content (AvgIpc) is 2.39. The molecular weight excluding hydrogens is 240 g/mol. The van der Waals surface area contributed by atoms with Crippen molar-refractivity contribution in [2.75, 3.05) is 39.8 Å². The zero-order valence-corrected chi connectivity index (χ0v) is 11.7. The molecule has 5 nitrogen and oxygen atoms in total. The van der Waals surface area contributed by atoms with E-state index in [1.54, 1.807) is 0 Å². The molecule has 1 N–H and O–H groups in total. The molecule has 1 fully saturated rings. The lowest BCUT2D eigenvalue weighted by atomic mass is 10.3. The maximum Gasteiger partial charge on any atom is 0.236 e. The average molecular weight is 262 g/mol. The first-order valence-corrected chi connectivity index (χ1v) is 6.75. The van der Waals surface area contributed by atoms with Crippen LogP contribution in [0, 0.1) is 6.92 Å². The largest absolute Gasteiger partial charge is 0.339 e. The number of amides is 1. The maximum absolute atomic E-state index is 12.0. The molecule has 0 aliphatic carbocycles. The van der Waals surface area contributed by atoms with Crippen molar-refractivity contribution in [2.45, 2.75) is 13.5 Å². The summed E-state index contributed by atoms with van der Waals surface area (Å²) in [6, 6.07) is 5.93.